The Balaban J connectivity index is 1.95. The fraction of sp³-hybridized carbons (Fsp3) is 0.625. The van der Waals surface area contributed by atoms with Gasteiger partial charge in [0.15, 0.2) is 0 Å². The van der Waals surface area contributed by atoms with Crippen molar-refractivity contribution in [1.29, 1.82) is 0 Å². The summed E-state index contributed by atoms with van der Waals surface area (Å²) < 4.78 is 5.28. The summed E-state index contributed by atoms with van der Waals surface area (Å²) in [4.78, 5) is 18.3. The van der Waals surface area contributed by atoms with E-state index in [0.717, 1.165) is 30.8 Å². The van der Waals surface area contributed by atoms with Crippen molar-refractivity contribution in [2.24, 2.45) is 0 Å². The number of anilines is 1. The first-order valence-electron chi connectivity index (χ1n) is 7.81. The molecule has 22 heavy (non-hydrogen) atoms. The highest BCUT2D eigenvalue weighted by Gasteiger charge is 2.20. The van der Waals surface area contributed by atoms with E-state index < -0.39 is 0 Å². The molecular formula is C16H25N3O3. The number of pyridine rings is 1. The van der Waals surface area contributed by atoms with E-state index in [1.54, 1.807) is 6.20 Å². The molecule has 122 valence electrons. The van der Waals surface area contributed by atoms with Gasteiger partial charge in [0.25, 0.3) is 0 Å². The normalized spacial score (nSPS) is 18.5. The maximum Gasteiger partial charge on any atom is 0.246 e. The zero-order valence-corrected chi connectivity index (χ0v) is 13.3. The predicted octanol–water partition coefficient (Wildman–Crippen LogP) is 1.08. The summed E-state index contributed by atoms with van der Waals surface area (Å²) in [6.07, 6.45) is 3.25. The van der Waals surface area contributed by atoms with E-state index >= 15 is 0 Å². The van der Waals surface area contributed by atoms with E-state index in [0.29, 0.717) is 13.1 Å². The number of carbonyl (C=O) groups is 1. The van der Waals surface area contributed by atoms with Gasteiger partial charge in [-0.3, -0.25) is 4.79 Å². The predicted molar refractivity (Wildman–Crippen MR) is 84.6 cm³/mol. The largest absolute Gasteiger partial charge is 0.391 e. The fourth-order valence-corrected chi connectivity index (χ4v) is 2.49. The second-order valence-electron chi connectivity index (χ2n) is 5.86. The highest BCUT2D eigenvalue weighted by Crippen LogP contribution is 2.21. The van der Waals surface area contributed by atoms with Crippen LogP contribution in [0.3, 0.4) is 0 Å². The average molecular weight is 307 g/mol. The Labute approximate surface area is 131 Å². The van der Waals surface area contributed by atoms with Crippen molar-refractivity contribution in [2.45, 2.75) is 45.4 Å². The molecule has 1 aromatic rings. The number of hydrogen-bond acceptors (Lipinski definition) is 5. The number of aromatic nitrogens is 1. The molecule has 0 spiro atoms. The molecule has 6 nitrogen and oxygen atoms in total. The first-order chi connectivity index (χ1) is 10.6. The van der Waals surface area contributed by atoms with Gasteiger partial charge in [-0.2, -0.15) is 0 Å². The second kappa shape index (κ2) is 8.10. The van der Waals surface area contributed by atoms with Gasteiger partial charge < -0.3 is 20.1 Å². The van der Waals surface area contributed by atoms with Crippen molar-refractivity contribution in [3.05, 3.63) is 23.9 Å². The molecule has 1 amide bonds. The molecule has 6 heteroatoms. The van der Waals surface area contributed by atoms with Gasteiger partial charge in [0.05, 0.1) is 12.2 Å². The van der Waals surface area contributed by atoms with Gasteiger partial charge in [0.2, 0.25) is 5.91 Å². The summed E-state index contributed by atoms with van der Waals surface area (Å²) in [5, 5.41) is 12.7. The maximum absolute atomic E-state index is 11.8. The number of carbonyl (C=O) groups excluding carboxylic acids is 1. The van der Waals surface area contributed by atoms with Crippen molar-refractivity contribution in [3.63, 3.8) is 0 Å². The Hall–Kier alpha value is -1.66. The summed E-state index contributed by atoms with van der Waals surface area (Å²) in [5.41, 5.74) is 0.953. The standard InChI is InChI=1S/C16H25N3O3/c1-12(2)22-11-15(21)18-9-13-5-3-7-17-16(13)19-8-4-6-14(20)10-19/h3,5,7,12,14,20H,4,6,8-11H2,1-2H3,(H,18,21). The third-order valence-corrected chi connectivity index (χ3v) is 3.59. The fourth-order valence-electron chi connectivity index (χ4n) is 2.49. The lowest BCUT2D eigenvalue weighted by atomic mass is 10.1. The van der Waals surface area contributed by atoms with Crippen molar-refractivity contribution < 1.29 is 14.6 Å². The number of nitrogens with zero attached hydrogens (tertiary/aromatic N) is 2. The Morgan fingerprint density at radius 1 is 1.59 bits per heavy atom. The third-order valence-electron chi connectivity index (χ3n) is 3.59. The van der Waals surface area contributed by atoms with Crippen LogP contribution in [0.15, 0.2) is 18.3 Å². The zero-order chi connectivity index (χ0) is 15.9. The summed E-state index contributed by atoms with van der Waals surface area (Å²) in [6, 6.07) is 3.81. The minimum Gasteiger partial charge on any atom is -0.391 e. The topological polar surface area (TPSA) is 74.7 Å². The highest BCUT2D eigenvalue weighted by atomic mass is 16.5. The number of rotatable bonds is 6. The number of amides is 1. The Kier molecular flexibility index (Phi) is 6.15. The van der Waals surface area contributed by atoms with Crippen LogP contribution in [0.25, 0.3) is 0 Å². The molecule has 2 heterocycles. The molecule has 2 rings (SSSR count). The Bertz CT molecular complexity index is 493. The van der Waals surface area contributed by atoms with Crippen molar-refractivity contribution in [3.8, 4) is 0 Å². The van der Waals surface area contributed by atoms with E-state index in [-0.39, 0.29) is 24.7 Å². The first-order valence-corrected chi connectivity index (χ1v) is 7.81. The quantitative estimate of drug-likeness (QED) is 0.823. The summed E-state index contributed by atoms with van der Waals surface area (Å²) in [7, 11) is 0. The van der Waals surface area contributed by atoms with Crippen LogP contribution in [0, 0.1) is 0 Å². The first kappa shape index (κ1) is 16.7. The van der Waals surface area contributed by atoms with Crippen LogP contribution < -0.4 is 10.2 Å². The molecule has 1 aliphatic rings. The second-order valence-corrected chi connectivity index (χ2v) is 5.86. The number of hydrogen-bond donors (Lipinski definition) is 2. The molecular weight excluding hydrogens is 282 g/mol. The van der Waals surface area contributed by atoms with Crippen molar-refractivity contribution in [1.82, 2.24) is 10.3 Å². The van der Waals surface area contributed by atoms with Gasteiger partial charge in [-0.1, -0.05) is 6.07 Å². The van der Waals surface area contributed by atoms with Crippen LogP contribution in [0.5, 0.6) is 0 Å². The van der Waals surface area contributed by atoms with Crippen LogP contribution in [0.4, 0.5) is 5.82 Å². The van der Waals surface area contributed by atoms with Gasteiger partial charge in [0, 0.05) is 31.4 Å². The van der Waals surface area contributed by atoms with Gasteiger partial charge in [-0.15, -0.1) is 0 Å². The van der Waals surface area contributed by atoms with E-state index in [1.165, 1.54) is 0 Å². The van der Waals surface area contributed by atoms with E-state index in [9.17, 15) is 9.90 Å². The molecule has 0 bridgehead atoms. The molecule has 0 saturated carbocycles. The molecule has 0 radical (unpaired) electrons. The molecule has 0 aliphatic carbocycles. The molecule has 0 aromatic carbocycles. The smallest absolute Gasteiger partial charge is 0.246 e. The van der Waals surface area contributed by atoms with Gasteiger partial charge in [0.1, 0.15) is 12.4 Å². The SMILES string of the molecule is CC(C)OCC(=O)NCc1cccnc1N1CCCC(O)C1. The van der Waals surface area contributed by atoms with Gasteiger partial charge in [-0.05, 0) is 32.8 Å². The number of β-amino-alcohol motifs (C(OH)–C–C–N with tert-alkyl or cyclic N) is 1. The minimum atomic E-state index is -0.308. The van der Waals surface area contributed by atoms with Crippen molar-refractivity contribution in [2.75, 3.05) is 24.6 Å². The van der Waals surface area contributed by atoms with Gasteiger partial charge >= 0.3 is 0 Å². The number of nitrogens with one attached hydrogen (secondary N) is 1. The van der Waals surface area contributed by atoms with Crippen LogP contribution >= 0.6 is 0 Å². The molecule has 1 fully saturated rings. The molecule has 2 N–H and O–H groups in total. The summed E-state index contributed by atoms with van der Waals surface area (Å²) >= 11 is 0. The lowest BCUT2D eigenvalue weighted by molar-refractivity contribution is -0.127. The number of ether oxygens (including phenoxy) is 1. The van der Waals surface area contributed by atoms with Crippen LogP contribution in [-0.2, 0) is 16.1 Å². The Morgan fingerprint density at radius 3 is 3.14 bits per heavy atom. The van der Waals surface area contributed by atoms with Crippen LogP contribution in [-0.4, -0.2) is 47.9 Å². The monoisotopic (exact) mass is 307 g/mol. The highest BCUT2D eigenvalue weighted by molar-refractivity contribution is 5.77. The maximum atomic E-state index is 11.8. The lowest BCUT2D eigenvalue weighted by Crippen LogP contribution is -2.39. The summed E-state index contributed by atoms with van der Waals surface area (Å²) in [5.74, 6) is 0.702. The third kappa shape index (κ3) is 4.96. The minimum absolute atomic E-state index is 0.0366. The van der Waals surface area contributed by atoms with E-state index in [1.807, 2.05) is 26.0 Å². The van der Waals surface area contributed by atoms with E-state index in [2.05, 4.69) is 15.2 Å². The van der Waals surface area contributed by atoms with Gasteiger partial charge in [-0.25, -0.2) is 4.98 Å². The van der Waals surface area contributed by atoms with Crippen LogP contribution in [0.1, 0.15) is 32.3 Å². The average Bonchev–Trinajstić information content (AvgIpc) is 2.51. The molecule has 1 saturated heterocycles. The number of aliphatic hydroxyl groups excluding tert-OH is 1. The molecule has 1 unspecified atom stereocenters. The summed E-state index contributed by atoms with van der Waals surface area (Å²) in [6.45, 7) is 5.74. The van der Waals surface area contributed by atoms with Crippen LogP contribution in [0.2, 0.25) is 0 Å². The molecule has 1 atom stereocenters. The zero-order valence-electron chi connectivity index (χ0n) is 13.3. The number of piperidine rings is 1. The lowest BCUT2D eigenvalue weighted by Gasteiger charge is -2.32. The molecule has 1 aliphatic heterocycles. The molecule has 1 aromatic heterocycles. The number of aliphatic hydroxyl groups is 1. The van der Waals surface area contributed by atoms with E-state index in [4.69, 9.17) is 4.74 Å². The van der Waals surface area contributed by atoms with Crippen molar-refractivity contribution >= 4 is 11.7 Å². The Morgan fingerprint density at radius 2 is 2.41 bits per heavy atom.